The predicted octanol–water partition coefficient (Wildman–Crippen LogP) is 4.37. The van der Waals surface area contributed by atoms with Gasteiger partial charge in [-0.25, -0.2) is 4.79 Å². The van der Waals surface area contributed by atoms with Crippen LogP contribution in [0, 0.1) is 0 Å². The van der Waals surface area contributed by atoms with Crippen LogP contribution in [0.5, 0.6) is 5.75 Å². The number of carboxylic acids is 1. The normalized spacial score (nSPS) is 10.5. The number of phenols is 1. The Kier molecular flexibility index (Phi) is 5.83. The number of aromatic hydroxyl groups is 1. The number of nitrogens with one attached hydrogen (secondary N) is 1. The molecule has 0 spiro atoms. The molecular weight excluding hydrogens is 366 g/mol. The third-order valence-corrected chi connectivity index (χ3v) is 4.75. The summed E-state index contributed by atoms with van der Waals surface area (Å²) in [6.07, 6.45) is 0. The summed E-state index contributed by atoms with van der Waals surface area (Å²) >= 11 is 1.67. The van der Waals surface area contributed by atoms with Gasteiger partial charge in [0.05, 0.1) is 17.0 Å². The molecule has 0 unspecified atom stereocenters. The van der Waals surface area contributed by atoms with Crippen LogP contribution in [0.4, 0.5) is 5.69 Å². The van der Waals surface area contributed by atoms with Gasteiger partial charge in [-0.15, -0.1) is 11.8 Å². The molecule has 0 atom stereocenters. The van der Waals surface area contributed by atoms with Crippen LogP contribution in [0.15, 0.2) is 65.1 Å². The molecule has 0 aliphatic rings. The Labute approximate surface area is 159 Å². The number of anilines is 1. The van der Waals surface area contributed by atoms with Crippen molar-refractivity contribution in [3.05, 3.63) is 83.3 Å². The van der Waals surface area contributed by atoms with Gasteiger partial charge in [0.15, 0.2) is 5.76 Å². The summed E-state index contributed by atoms with van der Waals surface area (Å²) in [4.78, 5) is 23.6. The van der Waals surface area contributed by atoms with Crippen LogP contribution < -0.4 is 5.32 Å². The van der Waals surface area contributed by atoms with E-state index >= 15 is 0 Å². The molecule has 138 valence electrons. The number of rotatable bonds is 7. The standard InChI is InChI=1S/C20H17NO5S/c22-14-6-8-17(16(10-14)20(24)25)21-19(23)18-9-7-15(26-18)12-27-11-13-4-2-1-3-5-13/h1-10,22H,11-12H2,(H,21,23)(H,24,25). The molecule has 3 aromatic rings. The molecule has 0 radical (unpaired) electrons. The molecular formula is C20H17NO5S. The maximum Gasteiger partial charge on any atom is 0.337 e. The zero-order valence-corrected chi connectivity index (χ0v) is 15.0. The fraction of sp³-hybridized carbons (Fsp3) is 0.100. The van der Waals surface area contributed by atoms with Crippen molar-refractivity contribution in [2.75, 3.05) is 5.32 Å². The third-order valence-electron chi connectivity index (χ3n) is 3.72. The first-order chi connectivity index (χ1) is 13.0. The van der Waals surface area contributed by atoms with Crippen molar-refractivity contribution in [1.82, 2.24) is 0 Å². The number of thioether (sulfide) groups is 1. The van der Waals surface area contributed by atoms with Gasteiger partial charge in [0.25, 0.3) is 5.91 Å². The van der Waals surface area contributed by atoms with Crippen molar-refractivity contribution in [3.8, 4) is 5.75 Å². The predicted molar refractivity (Wildman–Crippen MR) is 103 cm³/mol. The molecule has 6 nitrogen and oxygen atoms in total. The molecule has 0 saturated carbocycles. The van der Waals surface area contributed by atoms with Crippen molar-refractivity contribution in [2.45, 2.75) is 11.5 Å². The maximum atomic E-state index is 12.3. The maximum absolute atomic E-state index is 12.3. The molecule has 1 heterocycles. The van der Waals surface area contributed by atoms with E-state index in [9.17, 15) is 19.8 Å². The molecule has 1 aromatic heterocycles. The van der Waals surface area contributed by atoms with Gasteiger partial charge in [-0.1, -0.05) is 30.3 Å². The summed E-state index contributed by atoms with van der Waals surface area (Å²) in [5.74, 6) is 0.197. The number of amides is 1. The number of hydrogen-bond donors (Lipinski definition) is 3. The number of phenolic OH excluding ortho intramolecular Hbond substituents is 1. The van der Waals surface area contributed by atoms with Gasteiger partial charge in [-0.05, 0) is 35.9 Å². The first-order valence-corrected chi connectivity index (χ1v) is 9.26. The molecule has 7 heteroatoms. The van der Waals surface area contributed by atoms with Gasteiger partial charge >= 0.3 is 5.97 Å². The minimum Gasteiger partial charge on any atom is -0.508 e. The van der Waals surface area contributed by atoms with Crippen LogP contribution in [0.2, 0.25) is 0 Å². The first-order valence-electron chi connectivity index (χ1n) is 8.11. The van der Waals surface area contributed by atoms with Gasteiger partial charge in [-0.3, -0.25) is 4.79 Å². The minimum atomic E-state index is -1.25. The zero-order valence-electron chi connectivity index (χ0n) is 14.2. The van der Waals surface area contributed by atoms with E-state index in [0.29, 0.717) is 11.5 Å². The van der Waals surface area contributed by atoms with E-state index in [1.54, 1.807) is 23.9 Å². The topological polar surface area (TPSA) is 99.8 Å². The highest BCUT2D eigenvalue weighted by Crippen LogP contribution is 2.23. The van der Waals surface area contributed by atoms with Gasteiger partial charge in [0, 0.05) is 5.75 Å². The van der Waals surface area contributed by atoms with Crippen molar-refractivity contribution >= 4 is 29.3 Å². The highest BCUT2D eigenvalue weighted by molar-refractivity contribution is 7.97. The van der Waals surface area contributed by atoms with Crippen LogP contribution in [0.25, 0.3) is 0 Å². The van der Waals surface area contributed by atoms with Gasteiger partial charge in [-0.2, -0.15) is 0 Å². The number of hydrogen-bond acceptors (Lipinski definition) is 5. The summed E-state index contributed by atoms with van der Waals surface area (Å²) < 4.78 is 5.55. The van der Waals surface area contributed by atoms with E-state index < -0.39 is 11.9 Å². The molecule has 0 saturated heterocycles. The van der Waals surface area contributed by atoms with Gasteiger partial charge in [0.2, 0.25) is 0 Å². The molecule has 3 rings (SSSR count). The van der Waals surface area contributed by atoms with E-state index in [2.05, 4.69) is 5.32 Å². The van der Waals surface area contributed by atoms with Gasteiger partial charge in [0.1, 0.15) is 11.5 Å². The second-order valence-electron chi connectivity index (χ2n) is 5.73. The average Bonchev–Trinajstić information content (AvgIpc) is 3.13. The second-order valence-corrected chi connectivity index (χ2v) is 6.72. The van der Waals surface area contributed by atoms with Crippen molar-refractivity contribution in [2.24, 2.45) is 0 Å². The van der Waals surface area contributed by atoms with Crippen molar-refractivity contribution in [3.63, 3.8) is 0 Å². The number of carboxylic acid groups (broad SMARTS) is 1. The van der Waals surface area contributed by atoms with Crippen LogP contribution in [0.1, 0.15) is 32.2 Å². The van der Waals surface area contributed by atoms with Crippen molar-refractivity contribution in [1.29, 1.82) is 0 Å². The van der Waals surface area contributed by atoms with Crippen LogP contribution in [-0.2, 0) is 11.5 Å². The summed E-state index contributed by atoms with van der Waals surface area (Å²) in [7, 11) is 0. The SMILES string of the molecule is O=C(Nc1ccc(O)cc1C(=O)O)c1ccc(CSCc2ccccc2)o1. The molecule has 27 heavy (non-hydrogen) atoms. The Bertz CT molecular complexity index is 952. The van der Waals surface area contributed by atoms with E-state index in [0.717, 1.165) is 11.8 Å². The van der Waals surface area contributed by atoms with Crippen LogP contribution in [0.3, 0.4) is 0 Å². The Morgan fingerprint density at radius 2 is 1.78 bits per heavy atom. The van der Waals surface area contributed by atoms with Gasteiger partial charge < -0.3 is 19.9 Å². The lowest BCUT2D eigenvalue weighted by molar-refractivity contribution is 0.0697. The number of furan rings is 1. The summed E-state index contributed by atoms with van der Waals surface area (Å²) in [5.41, 5.74) is 1.09. The third kappa shape index (κ3) is 4.92. The summed E-state index contributed by atoms with van der Waals surface area (Å²) in [6, 6.07) is 17.0. The fourth-order valence-electron chi connectivity index (χ4n) is 2.42. The number of carbonyl (C=O) groups excluding carboxylic acids is 1. The molecule has 1 amide bonds. The lowest BCUT2D eigenvalue weighted by Crippen LogP contribution is -2.14. The first kappa shape index (κ1) is 18.6. The van der Waals surface area contributed by atoms with Crippen LogP contribution in [-0.4, -0.2) is 22.1 Å². The number of carbonyl (C=O) groups is 2. The van der Waals surface area contributed by atoms with E-state index in [1.165, 1.54) is 17.7 Å². The zero-order chi connectivity index (χ0) is 19.2. The Balaban J connectivity index is 1.61. The highest BCUT2D eigenvalue weighted by atomic mass is 32.2. The minimum absolute atomic E-state index is 0.0849. The van der Waals surface area contributed by atoms with E-state index in [-0.39, 0.29) is 22.8 Å². The van der Waals surface area contributed by atoms with Crippen molar-refractivity contribution < 1.29 is 24.2 Å². The highest BCUT2D eigenvalue weighted by Gasteiger charge is 2.17. The largest absolute Gasteiger partial charge is 0.508 e. The van der Waals surface area contributed by atoms with E-state index in [1.807, 2.05) is 30.3 Å². The lowest BCUT2D eigenvalue weighted by Gasteiger charge is -2.07. The molecule has 0 bridgehead atoms. The lowest BCUT2D eigenvalue weighted by atomic mass is 10.1. The second kappa shape index (κ2) is 8.46. The molecule has 0 fully saturated rings. The molecule has 3 N–H and O–H groups in total. The van der Waals surface area contributed by atoms with Crippen LogP contribution >= 0.6 is 11.8 Å². The Morgan fingerprint density at radius 1 is 1.00 bits per heavy atom. The average molecular weight is 383 g/mol. The number of aromatic carboxylic acids is 1. The Hall–Kier alpha value is -3.19. The Morgan fingerprint density at radius 3 is 2.52 bits per heavy atom. The summed E-state index contributed by atoms with van der Waals surface area (Å²) in [6.45, 7) is 0. The van der Waals surface area contributed by atoms with E-state index in [4.69, 9.17) is 4.42 Å². The quantitative estimate of drug-likeness (QED) is 0.524. The smallest absolute Gasteiger partial charge is 0.337 e. The number of benzene rings is 2. The molecule has 0 aliphatic carbocycles. The fourth-order valence-corrected chi connectivity index (χ4v) is 3.31. The molecule has 2 aromatic carbocycles. The molecule has 0 aliphatic heterocycles. The monoisotopic (exact) mass is 383 g/mol. The summed E-state index contributed by atoms with van der Waals surface area (Å²) in [5, 5.41) is 21.1.